The molecular formula is C19H14FN5OS2. The Morgan fingerprint density at radius 2 is 1.89 bits per heavy atom. The Morgan fingerprint density at radius 1 is 1.07 bits per heavy atom. The highest BCUT2D eigenvalue weighted by molar-refractivity contribution is 7.98. The van der Waals surface area contributed by atoms with Crippen molar-refractivity contribution in [1.82, 2.24) is 25.5 Å². The van der Waals surface area contributed by atoms with Crippen LogP contribution in [0.5, 0.6) is 0 Å². The number of fused-ring (bicyclic) bond motifs is 1. The highest BCUT2D eigenvalue weighted by Crippen LogP contribution is 2.28. The summed E-state index contributed by atoms with van der Waals surface area (Å²) < 4.78 is 12.9. The lowest BCUT2D eigenvalue weighted by molar-refractivity contribution is 0.0950. The molecule has 28 heavy (non-hydrogen) atoms. The van der Waals surface area contributed by atoms with Crippen molar-refractivity contribution in [1.29, 1.82) is 0 Å². The number of hydrogen-bond donors (Lipinski definition) is 1. The smallest absolute Gasteiger partial charge is 0.282 e. The molecule has 4 rings (SSSR count). The van der Waals surface area contributed by atoms with Gasteiger partial charge in [-0.15, -0.1) is 10.2 Å². The Bertz CT molecular complexity index is 1110. The molecule has 2 aromatic heterocycles. The zero-order valence-electron chi connectivity index (χ0n) is 14.5. The lowest BCUT2D eigenvalue weighted by Gasteiger charge is -2.03. The van der Waals surface area contributed by atoms with Crippen LogP contribution < -0.4 is 5.32 Å². The molecule has 2 heterocycles. The van der Waals surface area contributed by atoms with Gasteiger partial charge in [0, 0.05) is 11.9 Å². The third-order valence-corrected chi connectivity index (χ3v) is 5.99. The summed E-state index contributed by atoms with van der Waals surface area (Å²) in [5.41, 5.74) is 1.70. The number of carbonyl (C=O) groups is 1. The molecule has 9 heteroatoms. The monoisotopic (exact) mass is 411 g/mol. The van der Waals surface area contributed by atoms with Gasteiger partial charge in [-0.25, -0.2) is 14.4 Å². The molecule has 0 spiro atoms. The van der Waals surface area contributed by atoms with Gasteiger partial charge in [-0.1, -0.05) is 53.4 Å². The van der Waals surface area contributed by atoms with Crippen LogP contribution in [0.25, 0.3) is 10.9 Å². The fourth-order valence-corrected chi connectivity index (χ4v) is 4.22. The van der Waals surface area contributed by atoms with Crippen LogP contribution in [0.4, 0.5) is 4.39 Å². The average Bonchev–Trinajstić information content (AvgIpc) is 3.21. The van der Waals surface area contributed by atoms with Crippen LogP contribution in [0.15, 0.2) is 59.9 Å². The number of carbonyl (C=O) groups excluding carboxylic acids is 1. The number of benzene rings is 2. The number of rotatable bonds is 6. The summed E-state index contributed by atoms with van der Waals surface area (Å²) in [6.45, 7) is 0.301. The number of halogens is 1. The normalized spacial score (nSPS) is 10.9. The number of hydrogen-bond acceptors (Lipinski definition) is 7. The van der Waals surface area contributed by atoms with Crippen LogP contribution in [-0.4, -0.2) is 26.1 Å². The summed E-state index contributed by atoms with van der Waals surface area (Å²) >= 11 is 2.77. The Labute approximate surface area is 168 Å². The van der Waals surface area contributed by atoms with Gasteiger partial charge < -0.3 is 5.32 Å². The van der Waals surface area contributed by atoms with Crippen LogP contribution in [0.2, 0.25) is 0 Å². The van der Waals surface area contributed by atoms with Crippen molar-refractivity contribution in [2.75, 3.05) is 0 Å². The van der Waals surface area contributed by atoms with Crippen LogP contribution in [0.1, 0.15) is 20.4 Å². The van der Waals surface area contributed by atoms with Crippen molar-refractivity contribution in [3.8, 4) is 0 Å². The largest absolute Gasteiger partial charge is 0.346 e. The van der Waals surface area contributed by atoms with E-state index in [-0.39, 0.29) is 11.7 Å². The van der Waals surface area contributed by atoms with E-state index in [4.69, 9.17) is 0 Å². The van der Waals surface area contributed by atoms with Gasteiger partial charge in [-0.3, -0.25) is 4.79 Å². The van der Waals surface area contributed by atoms with Crippen LogP contribution in [0.3, 0.4) is 0 Å². The predicted octanol–water partition coefficient (Wildman–Crippen LogP) is 3.84. The minimum atomic E-state index is -0.308. The van der Waals surface area contributed by atoms with Crippen LogP contribution >= 0.6 is 23.1 Å². The van der Waals surface area contributed by atoms with Gasteiger partial charge in [-0.2, -0.15) is 0 Å². The molecule has 0 saturated heterocycles. The van der Waals surface area contributed by atoms with E-state index in [9.17, 15) is 9.18 Å². The molecule has 0 aliphatic carbocycles. The standard InChI is InChI=1S/C19H14FN5OS2/c20-13-7-5-12(6-8-13)9-21-17(26)19-25-24-16(28-19)10-27-18-14-3-1-2-4-15(14)22-11-23-18/h1-8,11H,9-10H2,(H,21,26). The first-order valence-electron chi connectivity index (χ1n) is 8.36. The van der Waals surface area contributed by atoms with Gasteiger partial charge >= 0.3 is 0 Å². The number of nitrogens with zero attached hydrogens (tertiary/aromatic N) is 4. The highest BCUT2D eigenvalue weighted by atomic mass is 32.2. The zero-order chi connectivity index (χ0) is 19.3. The van der Waals surface area contributed by atoms with Gasteiger partial charge in [0.2, 0.25) is 5.01 Å². The molecule has 1 N–H and O–H groups in total. The number of para-hydroxylation sites is 1. The fraction of sp³-hybridized carbons (Fsp3) is 0.105. The van der Waals surface area contributed by atoms with E-state index >= 15 is 0 Å². The molecule has 0 bridgehead atoms. The van der Waals surface area contributed by atoms with E-state index in [0.717, 1.165) is 26.5 Å². The summed E-state index contributed by atoms with van der Waals surface area (Å²) in [4.78, 5) is 20.8. The van der Waals surface area contributed by atoms with Gasteiger partial charge in [-0.05, 0) is 23.8 Å². The lowest BCUT2D eigenvalue weighted by Crippen LogP contribution is -2.22. The number of thioether (sulfide) groups is 1. The van der Waals surface area contributed by atoms with Crippen molar-refractivity contribution < 1.29 is 9.18 Å². The Morgan fingerprint density at radius 3 is 2.75 bits per heavy atom. The SMILES string of the molecule is O=C(NCc1ccc(F)cc1)c1nnc(CSc2ncnc3ccccc23)s1. The Hall–Kier alpha value is -2.91. The first-order valence-corrected chi connectivity index (χ1v) is 10.2. The molecule has 0 aliphatic rings. The van der Waals surface area contributed by atoms with E-state index in [0.29, 0.717) is 17.3 Å². The molecule has 6 nitrogen and oxygen atoms in total. The van der Waals surface area contributed by atoms with E-state index in [1.807, 2.05) is 24.3 Å². The minimum Gasteiger partial charge on any atom is -0.346 e. The molecule has 140 valence electrons. The van der Waals surface area contributed by atoms with E-state index in [1.165, 1.54) is 35.2 Å². The molecule has 0 aliphatic heterocycles. The summed E-state index contributed by atoms with van der Waals surface area (Å²) in [6, 6.07) is 13.8. The quantitative estimate of drug-likeness (QED) is 0.384. The van der Waals surface area contributed by atoms with Crippen LogP contribution in [-0.2, 0) is 12.3 Å². The molecule has 4 aromatic rings. The van der Waals surface area contributed by atoms with Crippen molar-refractivity contribution in [3.63, 3.8) is 0 Å². The Balaban J connectivity index is 1.37. The van der Waals surface area contributed by atoms with Crippen molar-refractivity contribution in [2.24, 2.45) is 0 Å². The summed E-state index contributed by atoms with van der Waals surface area (Å²) in [6.07, 6.45) is 1.54. The molecule has 2 aromatic carbocycles. The second kappa shape index (κ2) is 8.41. The molecule has 0 radical (unpaired) electrons. The van der Waals surface area contributed by atoms with Gasteiger partial charge in [0.05, 0.1) is 11.3 Å². The van der Waals surface area contributed by atoms with Gasteiger partial charge in [0.25, 0.3) is 5.91 Å². The predicted molar refractivity (Wildman–Crippen MR) is 107 cm³/mol. The summed E-state index contributed by atoms with van der Waals surface area (Å²) in [5, 5.41) is 13.7. The summed E-state index contributed by atoms with van der Waals surface area (Å²) in [5.74, 6) is -0.0486. The van der Waals surface area contributed by atoms with Crippen LogP contribution in [0, 0.1) is 5.82 Å². The average molecular weight is 411 g/mol. The van der Waals surface area contributed by atoms with Crippen molar-refractivity contribution in [3.05, 3.63) is 76.3 Å². The maximum Gasteiger partial charge on any atom is 0.282 e. The highest BCUT2D eigenvalue weighted by Gasteiger charge is 2.13. The number of amides is 1. The third kappa shape index (κ3) is 4.32. The molecule has 0 saturated carbocycles. The molecule has 0 fully saturated rings. The first kappa shape index (κ1) is 18.5. The number of aromatic nitrogens is 4. The maximum absolute atomic E-state index is 12.9. The minimum absolute atomic E-state index is 0.297. The fourth-order valence-electron chi connectivity index (χ4n) is 2.49. The molecular weight excluding hydrogens is 397 g/mol. The summed E-state index contributed by atoms with van der Waals surface area (Å²) in [7, 11) is 0. The van der Waals surface area contributed by atoms with Gasteiger partial charge in [0.15, 0.2) is 0 Å². The third-order valence-electron chi connectivity index (χ3n) is 3.87. The van der Waals surface area contributed by atoms with E-state index in [1.54, 1.807) is 18.5 Å². The molecule has 0 unspecified atom stereocenters. The second-order valence-corrected chi connectivity index (χ2v) is 7.82. The topological polar surface area (TPSA) is 80.7 Å². The first-order chi connectivity index (χ1) is 13.7. The number of nitrogens with one attached hydrogen (secondary N) is 1. The zero-order valence-corrected chi connectivity index (χ0v) is 16.1. The Kier molecular flexibility index (Phi) is 5.54. The second-order valence-electron chi connectivity index (χ2n) is 5.79. The van der Waals surface area contributed by atoms with Gasteiger partial charge in [0.1, 0.15) is 22.2 Å². The molecule has 0 atom stereocenters. The van der Waals surface area contributed by atoms with Crippen molar-refractivity contribution >= 4 is 39.9 Å². The lowest BCUT2D eigenvalue weighted by atomic mass is 10.2. The van der Waals surface area contributed by atoms with E-state index in [2.05, 4.69) is 25.5 Å². The maximum atomic E-state index is 12.9. The molecule has 1 amide bonds. The van der Waals surface area contributed by atoms with E-state index < -0.39 is 0 Å². The van der Waals surface area contributed by atoms with Crippen molar-refractivity contribution in [2.45, 2.75) is 17.3 Å².